The van der Waals surface area contributed by atoms with Crippen molar-refractivity contribution < 1.29 is 35.9 Å². The van der Waals surface area contributed by atoms with Crippen LogP contribution in [0.25, 0.3) is 0 Å². The SMILES string of the molecule is CCCN(CCC)S(=O)(=O)c1cncc(C(=O)N[C@@H](Cc2ccccc2)[C@H](O)CNCc2cc(F)cc(C(F)(F)F)c2)c1. The van der Waals surface area contributed by atoms with Gasteiger partial charge in [0.05, 0.1) is 23.3 Å². The van der Waals surface area contributed by atoms with Gasteiger partial charge in [0.1, 0.15) is 10.7 Å². The van der Waals surface area contributed by atoms with Crippen LogP contribution in [-0.2, 0) is 29.2 Å². The van der Waals surface area contributed by atoms with Gasteiger partial charge in [-0.05, 0) is 54.7 Å². The van der Waals surface area contributed by atoms with Crippen molar-refractivity contribution in [1.29, 1.82) is 0 Å². The minimum Gasteiger partial charge on any atom is -0.390 e. The second-order valence-corrected chi connectivity index (χ2v) is 12.1. The lowest BCUT2D eigenvalue weighted by Crippen LogP contribution is -2.48. The van der Waals surface area contributed by atoms with Crippen LogP contribution < -0.4 is 10.6 Å². The zero-order valence-electron chi connectivity index (χ0n) is 23.9. The summed E-state index contributed by atoms with van der Waals surface area (Å²) in [4.78, 5) is 17.1. The molecule has 3 N–H and O–H groups in total. The monoisotopic (exact) mass is 624 g/mol. The van der Waals surface area contributed by atoms with Gasteiger partial charge in [-0.25, -0.2) is 12.8 Å². The lowest BCUT2D eigenvalue weighted by Gasteiger charge is -2.25. The average Bonchev–Trinajstić information content (AvgIpc) is 2.96. The summed E-state index contributed by atoms with van der Waals surface area (Å²) in [5.41, 5.74) is -0.320. The van der Waals surface area contributed by atoms with E-state index in [0.717, 1.165) is 17.7 Å². The van der Waals surface area contributed by atoms with E-state index in [0.29, 0.717) is 32.0 Å². The van der Waals surface area contributed by atoms with Crippen LogP contribution in [0, 0.1) is 5.82 Å². The summed E-state index contributed by atoms with van der Waals surface area (Å²) in [5.74, 6) is -1.70. The molecule has 1 amide bonds. The number of halogens is 4. The molecular formula is C30H36F4N4O4S. The van der Waals surface area contributed by atoms with E-state index in [-0.39, 0.29) is 35.5 Å². The Morgan fingerprint density at radius 3 is 2.30 bits per heavy atom. The smallest absolute Gasteiger partial charge is 0.390 e. The Morgan fingerprint density at radius 2 is 1.67 bits per heavy atom. The van der Waals surface area contributed by atoms with Gasteiger partial charge < -0.3 is 15.7 Å². The molecule has 43 heavy (non-hydrogen) atoms. The van der Waals surface area contributed by atoms with E-state index in [2.05, 4.69) is 15.6 Å². The molecule has 0 aliphatic heterocycles. The maximum absolute atomic E-state index is 13.8. The quantitative estimate of drug-likeness (QED) is 0.214. The van der Waals surface area contributed by atoms with Gasteiger partial charge in [-0.1, -0.05) is 44.2 Å². The zero-order valence-corrected chi connectivity index (χ0v) is 24.8. The van der Waals surface area contributed by atoms with Gasteiger partial charge >= 0.3 is 6.18 Å². The van der Waals surface area contributed by atoms with E-state index in [1.165, 1.54) is 22.8 Å². The zero-order chi connectivity index (χ0) is 31.6. The number of sulfonamides is 1. The van der Waals surface area contributed by atoms with Crippen LogP contribution in [0.3, 0.4) is 0 Å². The van der Waals surface area contributed by atoms with E-state index in [9.17, 15) is 35.9 Å². The second kappa shape index (κ2) is 15.4. The van der Waals surface area contributed by atoms with Crippen LogP contribution in [0.2, 0.25) is 0 Å². The fourth-order valence-electron chi connectivity index (χ4n) is 4.51. The van der Waals surface area contributed by atoms with Crippen molar-refractivity contribution in [3.05, 3.63) is 95.1 Å². The number of rotatable bonds is 15. The molecule has 0 radical (unpaired) electrons. The molecule has 1 heterocycles. The van der Waals surface area contributed by atoms with Gasteiger partial charge in [0.15, 0.2) is 0 Å². The number of hydrogen-bond acceptors (Lipinski definition) is 6. The van der Waals surface area contributed by atoms with Crippen LogP contribution in [0.5, 0.6) is 0 Å². The first-order valence-corrected chi connectivity index (χ1v) is 15.3. The molecule has 2 aromatic carbocycles. The number of aromatic nitrogens is 1. The summed E-state index contributed by atoms with van der Waals surface area (Å²) < 4.78 is 80.7. The Bertz CT molecular complexity index is 1450. The highest BCUT2D eigenvalue weighted by molar-refractivity contribution is 7.89. The number of hydrogen-bond donors (Lipinski definition) is 3. The van der Waals surface area contributed by atoms with Crippen LogP contribution in [0.4, 0.5) is 17.6 Å². The highest BCUT2D eigenvalue weighted by Gasteiger charge is 2.31. The summed E-state index contributed by atoms with van der Waals surface area (Å²) in [5, 5.41) is 16.6. The molecule has 8 nitrogen and oxygen atoms in total. The van der Waals surface area contributed by atoms with Gasteiger partial charge in [0.25, 0.3) is 5.91 Å². The van der Waals surface area contributed by atoms with Gasteiger partial charge in [-0.15, -0.1) is 0 Å². The molecule has 13 heteroatoms. The number of aliphatic hydroxyl groups excluding tert-OH is 1. The molecule has 3 rings (SSSR count). The van der Waals surface area contributed by atoms with Crippen molar-refractivity contribution in [3.8, 4) is 0 Å². The number of aliphatic hydroxyl groups is 1. The standard InChI is InChI=1S/C30H36F4N4O4S/c1-3-10-38(11-4-2)43(41,42)26-15-23(18-36-19-26)29(40)37-27(14-21-8-6-5-7-9-21)28(39)20-35-17-22-12-24(30(32,33)34)16-25(31)13-22/h5-9,12-13,15-16,18-19,27-28,35,39H,3-4,10-11,14,17,20H2,1-2H3,(H,37,40)/t27-,28+/m0/s1. The second-order valence-electron chi connectivity index (χ2n) is 10.1. The average molecular weight is 625 g/mol. The highest BCUT2D eigenvalue weighted by Crippen LogP contribution is 2.30. The summed E-state index contributed by atoms with van der Waals surface area (Å²) in [7, 11) is -3.89. The number of pyridine rings is 1. The maximum Gasteiger partial charge on any atom is 0.416 e. The van der Waals surface area contributed by atoms with E-state index in [4.69, 9.17) is 0 Å². The van der Waals surface area contributed by atoms with Gasteiger partial charge in [0, 0.05) is 38.6 Å². The highest BCUT2D eigenvalue weighted by atomic mass is 32.2. The lowest BCUT2D eigenvalue weighted by molar-refractivity contribution is -0.137. The fourth-order valence-corrected chi connectivity index (χ4v) is 6.12. The Morgan fingerprint density at radius 1 is 1.00 bits per heavy atom. The van der Waals surface area contributed by atoms with Gasteiger partial charge in [0.2, 0.25) is 10.0 Å². The molecule has 0 fully saturated rings. The van der Waals surface area contributed by atoms with Gasteiger partial charge in [-0.2, -0.15) is 17.5 Å². The third-order valence-electron chi connectivity index (χ3n) is 6.61. The summed E-state index contributed by atoms with van der Waals surface area (Å²) in [6, 6.07) is 11.5. The predicted octanol–water partition coefficient (Wildman–Crippen LogP) is 4.54. The number of amides is 1. The Kier molecular flexibility index (Phi) is 12.2. The number of nitrogens with one attached hydrogen (secondary N) is 2. The van der Waals surface area contributed by atoms with Crippen molar-refractivity contribution in [2.24, 2.45) is 0 Å². The Labute approximate surface area is 249 Å². The molecular weight excluding hydrogens is 588 g/mol. The molecule has 234 valence electrons. The fraction of sp³-hybridized carbons (Fsp3) is 0.400. The van der Waals surface area contributed by atoms with E-state index >= 15 is 0 Å². The molecule has 0 saturated heterocycles. The molecule has 1 aromatic heterocycles. The summed E-state index contributed by atoms with van der Waals surface area (Å²) in [6.07, 6.45) is -2.10. The van der Waals surface area contributed by atoms with Crippen molar-refractivity contribution in [2.45, 2.75) is 62.9 Å². The number of benzene rings is 2. The van der Waals surface area contributed by atoms with E-state index in [1.54, 1.807) is 30.3 Å². The molecule has 0 aliphatic rings. The van der Waals surface area contributed by atoms with E-state index < -0.39 is 45.6 Å². The maximum atomic E-state index is 13.8. The van der Waals surface area contributed by atoms with Crippen LogP contribution in [-0.4, -0.2) is 60.5 Å². The number of carbonyl (C=O) groups is 1. The number of nitrogens with zero attached hydrogens (tertiary/aromatic N) is 2. The summed E-state index contributed by atoms with van der Waals surface area (Å²) in [6.45, 7) is 4.05. The molecule has 2 atom stereocenters. The first kappa shape index (κ1) is 34.1. The minimum absolute atomic E-state index is 0.0216. The third-order valence-corrected chi connectivity index (χ3v) is 8.47. The first-order valence-electron chi connectivity index (χ1n) is 13.9. The normalized spacial score (nSPS) is 13.6. The van der Waals surface area contributed by atoms with Crippen molar-refractivity contribution in [1.82, 2.24) is 19.9 Å². The largest absolute Gasteiger partial charge is 0.416 e. The molecule has 0 spiro atoms. The molecule has 3 aromatic rings. The summed E-state index contributed by atoms with van der Waals surface area (Å²) >= 11 is 0. The Hall–Kier alpha value is -3.39. The number of carbonyl (C=O) groups excluding carboxylic acids is 1. The Balaban J connectivity index is 1.77. The van der Waals surface area contributed by atoms with Crippen molar-refractivity contribution in [2.75, 3.05) is 19.6 Å². The third kappa shape index (κ3) is 9.82. The molecule has 0 unspecified atom stereocenters. The van der Waals surface area contributed by atoms with Crippen LogP contribution in [0.1, 0.15) is 53.7 Å². The molecule has 0 bridgehead atoms. The topological polar surface area (TPSA) is 112 Å². The number of alkyl halides is 3. The predicted molar refractivity (Wildman–Crippen MR) is 154 cm³/mol. The van der Waals surface area contributed by atoms with Crippen molar-refractivity contribution >= 4 is 15.9 Å². The molecule has 0 saturated carbocycles. The van der Waals surface area contributed by atoms with Crippen LogP contribution in [0.15, 0.2) is 71.9 Å². The van der Waals surface area contributed by atoms with Gasteiger partial charge in [-0.3, -0.25) is 9.78 Å². The molecule has 0 aliphatic carbocycles. The van der Waals surface area contributed by atoms with E-state index in [1.807, 2.05) is 13.8 Å². The minimum atomic E-state index is -4.71. The van der Waals surface area contributed by atoms with Crippen LogP contribution >= 0.6 is 0 Å². The lowest BCUT2D eigenvalue weighted by atomic mass is 10.0. The van der Waals surface area contributed by atoms with Crippen molar-refractivity contribution in [3.63, 3.8) is 0 Å². The first-order chi connectivity index (χ1) is 20.3.